The molecule has 60 heavy (non-hydrogen) atoms. The first-order chi connectivity index (χ1) is 28.2. The van der Waals surface area contributed by atoms with E-state index >= 15 is 4.79 Å². The number of carbonyl (C=O) groups is 6. The maximum atomic E-state index is 15.4. The van der Waals surface area contributed by atoms with Crippen LogP contribution in [0.25, 0.3) is 0 Å². The van der Waals surface area contributed by atoms with Crippen molar-refractivity contribution < 1.29 is 67.8 Å². The van der Waals surface area contributed by atoms with Crippen molar-refractivity contribution in [3.63, 3.8) is 0 Å². The lowest BCUT2D eigenvalue weighted by atomic mass is 9.44. The summed E-state index contributed by atoms with van der Waals surface area (Å²) in [5.74, 6) is -6.18. The fourth-order valence-corrected chi connectivity index (χ4v) is 10.7. The first-order valence-corrected chi connectivity index (χ1v) is 20.9. The largest absolute Gasteiger partial charge is 0.456 e. The Hall–Kier alpha value is -4.68. The number of ether oxygens (including phenoxy) is 5. The molecule has 3 fully saturated rings. The third-order valence-corrected chi connectivity index (χ3v) is 14.1. The van der Waals surface area contributed by atoms with Gasteiger partial charge in [-0.15, -0.1) is 11.3 Å². The van der Waals surface area contributed by atoms with Gasteiger partial charge in [0.1, 0.15) is 30.0 Å². The third kappa shape index (κ3) is 7.31. The van der Waals surface area contributed by atoms with Crippen molar-refractivity contribution in [2.45, 2.75) is 122 Å². The van der Waals surface area contributed by atoms with Crippen LogP contribution < -0.4 is 5.32 Å². The zero-order valence-electron chi connectivity index (χ0n) is 35.0. The van der Waals surface area contributed by atoms with Crippen LogP contribution in [-0.2, 0) is 42.9 Å². The van der Waals surface area contributed by atoms with Crippen LogP contribution >= 0.6 is 11.3 Å². The predicted molar refractivity (Wildman–Crippen MR) is 213 cm³/mol. The zero-order valence-corrected chi connectivity index (χ0v) is 35.8. The Morgan fingerprint density at radius 1 is 0.983 bits per heavy atom. The maximum absolute atomic E-state index is 15.4. The van der Waals surface area contributed by atoms with Crippen LogP contribution in [0.15, 0.2) is 59.0 Å². The van der Waals surface area contributed by atoms with Crippen molar-refractivity contribution in [1.82, 2.24) is 10.2 Å². The van der Waals surface area contributed by atoms with Crippen LogP contribution in [0.4, 0.5) is 4.79 Å². The summed E-state index contributed by atoms with van der Waals surface area (Å²) >= 11 is 1.19. The standard InChI is InChI=1S/C43H54N2O14S/c1-9-45(10-2)39(53)44-31(27-17-14-18-60-27)32(49)38(52)57-26-20-43(54)36(58-37(51)25-15-12-11-13-16-25)34-41(8,28(48)19-29-42(34,21-55-29)59-24(5)47)35(50)33(56-23(4)46)30(22(26)3)40(43,6)7/h11-18,26,28-29,31-34,36,48-49,54H,9-10,19-21H2,1-8H3,(H,44,53)/t26-,28-,29+,31-,32+,33+,34-,36-,41+,42-,43+/m0/s1. The lowest BCUT2D eigenvalue weighted by Gasteiger charge is -2.67. The summed E-state index contributed by atoms with van der Waals surface area (Å²) in [7, 11) is 0. The molecule has 2 heterocycles. The van der Waals surface area contributed by atoms with Gasteiger partial charge in [0.25, 0.3) is 0 Å². The van der Waals surface area contributed by atoms with E-state index in [9.17, 15) is 39.3 Å². The van der Waals surface area contributed by atoms with Crippen LogP contribution in [0.2, 0.25) is 0 Å². The number of fused-ring (bicyclic) bond motifs is 5. The van der Waals surface area contributed by atoms with Crippen molar-refractivity contribution in [3.05, 3.63) is 69.4 Å². The van der Waals surface area contributed by atoms with Gasteiger partial charge in [-0.05, 0) is 62.4 Å². The van der Waals surface area contributed by atoms with Gasteiger partial charge in [-0.3, -0.25) is 14.4 Å². The number of aliphatic hydroxyl groups is 3. The Balaban J connectivity index is 1.54. The molecular weight excluding hydrogens is 801 g/mol. The number of hydrogen-bond donors (Lipinski definition) is 4. The highest BCUT2D eigenvalue weighted by Crippen LogP contribution is 2.64. The summed E-state index contributed by atoms with van der Waals surface area (Å²) in [5, 5.41) is 41.8. The molecule has 2 amide bonds. The first-order valence-electron chi connectivity index (χ1n) is 20.1. The topological polar surface area (TPSA) is 225 Å². The molecule has 6 rings (SSSR count). The molecule has 1 aromatic heterocycles. The van der Waals surface area contributed by atoms with Gasteiger partial charge in [-0.1, -0.05) is 38.1 Å². The fraction of sp³-hybridized carbons (Fsp3) is 0.581. The van der Waals surface area contributed by atoms with Crippen LogP contribution in [0.3, 0.4) is 0 Å². The van der Waals surface area contributed by atoms with Crippen molar-refractivity contribution >= 4 is 47.0 Å². The van der Waals surface area contributed by atoms with Crippen molar-refractivity contribution in [2.24, 2.45) is 16.7 Å². The average Bonchev–Trinajstić information content (AvgIpc) is 3.73. The number of Topliss-reactive ketones (excluding diaryl/α,β-unsaturated/α-hetero) is 1. The Morgan fingerprint density at radius 3 is 2.20 bits per heavy atom. The summed E-state index contributed by atoms with van der Waals surface area (Å²) in [4.78, 5) is 84.9. The monoisotopic (exact) mass is 854 g/mol. The first kappa shape index (κ1) is 44.9. The van der Waals surface area contributed by atoms with Crippen LogP contribution in [-0.4, -0.2) is 123 Å². The predicted octanol–water partition coefficient (Wildman–Crippen LogP) is 3.42. The van der Waals surface area contributed by atoms with Crippen molar-refractivity contribution in [2.75, 3.05) is 19.7 Å². The van der Waals surface area contributed by atoms with Gasteiger partial charge in [0.15, 0.2) is 23.6 Å². The van der Waals surface area contributed by atoms with Crippen LogP contribution in [0.1, 0.15) is 89.5 Å². The van der Waals surface area contributed by atoms with E-state index in [0.29, 0.717) is 18.0 Å². The number of benzene rings is 1. The molecular formula is C43H54N2O14S. The van der Waals surface area contributed by atoms with Gasteiger partial charge in [0.2, 0.25) is 0 Å². The van der Waals surface area contributed by atoms with E-state index in [0.717, 1.165) is 13.8 Å². The second-order valence-corrected chi connectivity index (χ2v) is 17.7. The normalized spacial score (nSPS) is 32.6. The number of hydrogen-bond acceptors (Lipinski definition) is 15. The lowest BCUT2D eigenvalue weighted by molar-refractivity contribution is -0.346. The molecule has 2 aromatic rings. The van der Waals surface area contributed by atoms with E-state index in [2.05, 4.69) is 5.32 Å². The highest BCUT2D eigenvalue weighted by atomic mass is 32.1. The maximum Gasteiger partial charge on any atom is 0.338 e. The number of nitrogens with zero attached hydrogens (tertiary/aromatic N) is 1. The number of nitrogens with one attached hydrogen (secondary N) is 1. The van der Waals surface area contributed by atoms with Crippen LogP contribution in [0, 0.1) is 16.7 Å². The Bertz CT molecular complexity index is 2030. The summed E-state index contributed by atoms with van der Waals surface area (Å²) in [6.45, 7) is 12.3. The molecule has 1 saturated heterocycles. The van der Waals surface area contributed by atoms with Gasteiger partial charge >= 0.3 is 29.9 Å². The van der Waals surface area contributed by atoms with Gasteiger partial charge in [-0.2, -0.15) is 0 Å². The molecule has 0 unspecified atom stereocenters. The van der Waals surface area contributed by atoms with Crippen molar-refractivity contribution in [1.29, 1.82) is 0 Å². The van der Waals surface area contributed by atoms with E-state index < -0.39 is 113 Å². The second-order valence-electron chi connectivity index (χ2n) is 16.7. The average molecular weight is 855 g/mol. The van der Waals surface area contributed by atoms with Gasteiger partial charge in [0, 0.05) is 50.1 Å². The van der Waals surface area contributed by atoms with E-state index in [1.165, 1.54) is 42.2 Å². The van der Waals surface area contributed by atoms with E-state index in [-0.39, 0.29) is 29.7 Å². The van der Waals surface area contributed by atoms with E-state index in [1.54, 1.807) is 63.4 Å². The van der Waals surface area contributed by atoms with Gasteiger partial charge in [-0.25, -0.2) is 14.4 Å². The van der Waals surface area contributed by atoms with Crippen LogP contribution in [0.5, 0.6) is 0 Å². The number of esters is 4. The highest BCUT2D eigenvalue weighted by Gasteiger charge is 2.78. The Labute approximate surface area is 352 Å². The minimum absolute atomic E-state index is 0.00883. The smallest absolute Gasteiger partial charge is 0.338 e. The summed E-state index contributed by atoms with van der Waals surface area (Å²) in [6.07, 6.45) is -10.4. The SMILES string of the molecule is CCN(CC)C(=O)N[C@@H](c1cccs1)[C@@H](O)C(=O)O[C@H]1C[C@@]2(O)[C@@H](OC(=O)c3ccccc3)[C@@H]3[C@]4(OC(C)=O)CO[C@@H]4C[C@H](O)[C@@]3(C)C(=O)[C@H](OC(C)=O)C(=C1C)C2(C)C. The Kier molecular flexibility index (Phi) is 12.4. The third-order valence-electron chi connectivity index (χ3n) is 13.2. The fourth-order valence-electron chi connectivity index (χ4n) is 9.87. The van der Waals surface area contributed by atoms with E-state index in [1.807, 2.05) is 0 Å². The molecule has 17 heteroatoms. The molecule has 4 N–H and O–H groups in total. The number of aliphatic hydroxyl groups excluding tert-OH is 2. The minimum Gasteiger partial charge on any atom is -0.456 e. The molecule has 3 aliphatic carbocycles. The molecule has 11 atom stereocenters. The minimum atomic E-state index is -2.37. The number of thiophene rings is 1. The lowest BCUT2D eigenvalue weighted by Crippen LogP contribution is -2.82. The number of rotatable bonds is 11. The molecule has 1 aromatic carbocycles. The molecule has 2 bridgehead atoms. The van der Waals surface area contributed by atoms with Gasteiger partial charge in [0.05, 0.1) is 29.6 Å². The van der Waals surface area contributed by atoms with E-state index in [4.69, 9.17) is 23.7 Å². The summed E-state index contributed by atoms with van der Waals surface area (Å²) in [6, 6.07) is 9.39. The molecule has 4 aliphatic rings. The van der Waals surface area contributed by atoms with Crippen molar-refractivity contribution in [3.8, 4) is 0 Å². The molecule has 1 aliphatic heterocycles. The highest BCUT2D eigenvalue weighted by molar-refractivity contribution is 7.10. The number of carbonyl (C=O) groups excluding carboxylic acids is 6. The number of urea groups is 1. The quantitative estimate of drug-likeness (QED) is 0.145. The Morgan fingerprint density at radius 2 is 1.65 bits per heavy atom. The van der Waals surface area contributed by atoms with Gasteiger partial charge < -0.3 is 49.2 Å². The zero-order chi connectivity index (χ0) is 44.1. The summed E-state index contributed by atoms with van der Waals surface area (Å²) < 4.78 is 30.2. The number of ketones is 1. The molecule has 326 valence electrons. The second kappa shape index (κ2) is 16.6. The molecule has 16 nitrogen and oxygen atoms in total. The summed E-state index contributed by atoms with van der Waals surface area (Å²) in [5.41, 5.74) is -7.55. The molecule has 2 saturated carbocycles. The molecule has 0 radical (unpaired) electrons. The molecule has 0 spiro atoms. The number of amides is 2.